The minimum Gasteiger partial charge on any atom is -0.391 e. The van der Waals surface area contributed by atoms with Crippen LogP contribution >= 0.6 is 22.9 Å². The van der Waals surface area contributed by atoms with Gasteiger partial charge >= 0.3 is 0 Å². The Morgan fingerprint density at radius 1 is 0.971 bits per heavy atom. The lowest BCUT2D eigenvalue weighted by Crippen LogP contribution is -2.57. The van der Waals surface area contributed by atoms with E-state index in [1.165, 1.54) is 4.90 Å². The molecule has 0 spiro atoms. The van der Waals surface area contributed by atoms with Crippen LogP contribution in [0.15, 0.2) is 84.5 Å². The number of aromatic nitrogens is 3. The molecule has 3 N–H and O–H groups in total. The van der Waals surface area contributed by atoms with Crippen LogP contribution in [0.1, 0.15) is 100 Å². The maximum Gasteiger partial charge on any atom is 0.251 e. The van der Waals surface area contributed by atoms with Crippen LogP contribution in [0.4, 0.5) is 5.69 Å². The second-order valence-corrected chi connectivity index (χ2v) is 21.0. The fraction of sp³-hybridized carbons (Fsp3) is 0.453. The standard InChI is InChI=1S/C53H63ClN8O6S/c1-32(36-8-10-38(11-9-36)49-34(3)56-31-69-49)24-47(64)46-26-43(63)29-62(46)52(67)50(53(5,6)7)58-48(65)30-68-35(4)37-18-21-60(22-19-37)42-16-14-39(15-17-42)51(66)57-33(2)28-61-23-20-45(59-61)40-12-13-41(27-55)44(54)25-40/h8-17,20,23,25,31-33,35,37,43,46,50,63H,18-19,21-22,24,26,28-30H2,1-7H3,(H,57,66)(H,58,65)/t32-,33?,35?,43-,46?,50-/m1/s1. The maximum absolute atomic E-state index is 14.2. The number of aliphatic hydroxyl groups is 1. The molecule has 4 heterocycles. The van der Waals surface area contributed by atoms with Crippen LogP contribution < -0.4 is 15.5 Å². The number of aryl methyl sites for hydroxylation is 1. The number of aliphatic hydroxyl groups excluding tert-OH is 1. The van der Waals surface area contributed by atoms with Crippen molar-refractivity contribution in [3.63, 3.8) is 0 Å². The normalized spacial score (nSPS) is 18.3. The van der Waals surface area contributed by atoms with Crippen LogP contribution in [-0.2, 0) is 25.7 Å². The summed E-state index contributed by atoms with van der Waals surface area (Å²) < 4.78 is 7.89. The van der Waals surface area contributed by atoms with Crippen molar-refractivity contribution in [3.8, 4) is 27.8 Å². The second kappa shape index (κ2) is 22.2. The molecule has 2 aliphatic rings. The molecule has 0 saturated carbocycles. The number of hydrogen-bond acceptors (Lipinski definition) is 11. The number of amides is 3. The largest absolute Gasteiger partial charge is 0.391 e. The Labute approximate surface area is 414 Å². The number of nitrogens with one attached hydrogen (secondary N) is 2. The Bertz CT molecular complexity index is 2650. The van der Waals surface area contributed by atoms with Crippen LogP contribution in [0, 0.1) is 29.6 Å². The Kier molecular flexibility index (Phi) is 16.4. The lowest BCUT2D eigenvalue weighted by molar-refractivity contribution is -0.144. The minimum absolute atomic E-state index is 0.0233. The number of rotatable bonds is 17. The van der Waals surface area contributed by atoms with Crippen molar-refractivity contribution in [2.75, 3.05) is 31.1 Å². The first-order valence-corrected chi connectivity index (χ1v) is 25.0. The predicted molar refractivity (Wildman–Crippen MR) is 269 cm³/mol. The highest BCUT2D eigenvalue weighted by atomic mass is 35.5. The SMILES string of the molecule is Cc1ncsc1-c1ccc([C@H](C)CC(=O)C2C[C@@H](O)CN2C(=O)[C@@H](NC(=O)COC(C)C2CCN(c3ccc(C(=O)NC(C)Cn4ccc(-c5ccc(C#N)c(Cl)c5)n4)cc3)CC2)C(C)(C)C)cc1. The first-order valence-electron chi connectivity index (χ1n) is 23.7. The third-order valence-corrected chi connectivity index (χ3v) is 14.7. The fourth-order valence-electron chi connectivity index (χ4n) is 9.29. The van der Waals surface area contributed by atoms with Crippen molar-refractivity contribution < 1.29 is 29.0 Å². The molecule has 3 aromatic carbocycles. The second-order valence-electron chi connectivity index (χ2n) is 19.7. The molecule has 0 aliphatic carbocycles. The van der Waals surface area contributed by atoms with E-state index in [0.717, 1.165) is 64.6 Å². The Morgan fingerprint density at radius 2 is 1.67 bits per heavy atom. The lowest BCUT2D eigenvalue weighted by atomic mass is 9.85. The summed E-state index contributed by atoms with van der Waals surface area (Å²) >= 11 is 7.80. The van der Waals surface area contributed by atoms with Gasteiger partial charge < -0.3 is 30.3 Å². The number of halogens is 1. The van der Waals surface area contributed by atoms with Gasteiger partial charge in [0.25, 0.3) is 5.91 Å². The molecule has 69 heavy (non-hydrogen) atoms. The van der Waals surface area contributed by atoms with Gasteiger partial charge in [0.15, 0.2) is 5.78 Å². The molecule has 6 atom stereocenters. The van der Waals surface area contributed by atoms with Crippen molar-refractivity contribution in [2.45, 2.75) is 117 Å². The average Bonchev–Trinajstić information content (AvgIpc) is 4.09. The van der Waals surface area contributed by atoms with Crippen LogP contribution in [0.25, 0.3) is 21.7 Å². The highest BCUT2D eigenvalue weighted by molar-refractivity contribution is 7.13. The van der Waals surface area contributed by atoms with E-state index in [1.807, 2.05) is 121 Å². The van der Waals surface area contributed by atoms with E-state index >= 15 is 0 Å². The number of nitriles is 1. The molecule has 2 fully saturated rings. The van der Waals surface area contributed by atoms with E-state index in [-0.39, 0.29) is 67.6 Å². The maximum atomic E-state index is 14.2. The van der Waals surface area contributed by atoms with Gasteiger partial charge in [-0.15, -0.1) is 11.3 Å². The molecule has 7 rings (SSSR count). The molecule has 16 heteroatoms. The molecular formula is C53H63ClN8O6S. The summed E-state index contributed by atoms with van der Waals surface area (Å²) in [6.45, 7) is 15.3. The van der Waals surface area contributed by atoms with Crippen LogP contribution in [0.3, 0.4) is 0 Å². The van der Waals surface area contributed by atoms with Gasteiger partial charge in [-0.1, -0.05) is 69.6 Å². The van der Waals surface area contributed by atoms with Gasteiger partial charge in [0.05, 0.1) is 57.2 Å². The first-order chi connectivity index (χ1) is 32.9. The summed E-state index contributed by atoms with van der Waals surface area (Å²) in [6, 6.07) is 23.0. The van der Waals surface area contributed by atoms with E-state index in [2.05, 4.69) is 31.7 Å². The topological polar surface area (TPSA) is 183 Å². The number of thiazole rings is 1. The molecule has 3 unspecified atom stereocenters. The molecule has 0 bridgehead atoms. The molecular weight excluding hydrogens is 912 g/mol. The monoisotopic (exact) mass is 974 g/mol. The summed E-state index contributed by atoms with van der Waals surface area (Å²) in [5.74, 6) is -0.984. The summed E-state index contributed by atoms with van der Waals surface area (Å²) in [4.78, 5) is 63.9. The molecule has 2 aromatic heterocycles. The third-order valence-electron chi connectivity index (χ3n) is 13.4. The van der Waals surface area contributed by atoms with Gasteiger partial charge in [-0.3, -0.25) is 23.9 Å². The number of Topliss-reactive ketones (excluding diaryl/α,β-unsaturated/α-hetero) is 1. The van der Waals surface area contributed by atoms with Crippen molar-refractivity contribution >= 4 is 52.1 Å². The molecule has 2 saturated heterocycles. The van der Waals surface area contributed by atoms with Crippen LogP contribution in [0.5, 0.6) is 0 Å². The molecule has 5 aromatic rings. The van der Waals surface area contributed by atoms with E-state index < -0.39 is 29.5 Å². The number of nitrogens with zero attached hydrogens (tertiary/aromatic N) is 6. The smallest absolute Gasteiger partial charge is 0.251 e. The summed E-state index contributed by atoms with van der Waals surface area (Å²) in [7, 11) is 0. The zero-order valence-corrected chi connectivity index (χ0v) is 42.0. The van der Waals surface area contributed by atoms with Crippen LogP contribution in [-0.4, -0.2) is 105 Å². The zero-order chi connectivity index (χ0) is 49.6. The summed E-state index contributed by atoms with van der Waals surface area (Å²) in [5.41, 5.74) is 7.72. The van der Waals surface area contributed by atoms with E-state index in [9.17, 15) is 24.3 Å². The number of ketones is 1. The van der Waals surface area contributed by atoms with Crippen molar-refractivity contribution in [1.82, 2.24) is 30.3 Å². The molecule has 2 aliphatic heterocycles. The fourth-order valence-corrected chi connectivity index (χ4v) is 10.3. The number of hydrogen-bond donors (Lipinski definition) is 3. The Morgan fingerprint density at radius 3 is 2.30 bits per heavy atom. The van der Waals surface area contributed by atoms with Crippen molar-refractivity contribution in [3.05, 3.63) is 112 Å². The average molecular weight is 976 g/mol. The van der Waals surface area contributed by atoms with Crippen LogP contribution in [0.2, 0.25) is 5.02 Å². The Balaban J connectivity index is 0.849. The van der Waals surface area contributed by atoms with E-state index in [1.54, 1.807) is 28.2 Å². The van der Waals surface area contributed by atoms with Gasteiger partial charge in [-0.25, -0.2) is 4.98 Å². The number of carbonyl (C=O) groups is 4. The predicted octanol–water partition coefficient (Wildman–Crippen LogP) is 8.20. The summed E-state index contributed by atoms with van der Waals surface area (Å²) in [5, 5.41) is 30.9. The number of piperidine rings is 1. The van der Waals surface area contributed by atoms with Gasteiger partial charge in [0, 0.05) is 61.5 Å². The van der Waals surface area contributed by atoms with Crippen molar-refractivity contribution in [2.24, 2.45) is 11.3 Å². The number of β-amino-alcohol motifs (C(OH)–C–C–N with tert-alkyl or cyclic N) is 1. The third kappa shape index (κ3) is 12.7. The summed E-state index contributed by atoms with van der Waals surface area (Å²) in [6.07, 6.45) is 2.86. The van der Waals surface area contributed by atoms with Gasteiger partial charge in [0.1, 0.15) is 18.7 Å². The number of anilines is 1. The molecule has 14 nitrogen and oxygen atoms in total. The number of ether oxygens (including phenoxy) is 1. The lowest BCUT2D eigenvalue weighted by Gasteiger charge is -2.37. The van der Waals surface area contributed by atoms with E-state index in [0.29, 0.717) is 22.7 Å². The molecule has 0 radical (unpaired) electrons. The highest BCUT2D eigenvalue weighted by Gasteiger charge is 2.44. The first kappa shape index (κ1) is 50.9. The number of likely N-dealkylation sites (tertiary alicyclic amines) is 1. The minimum atomic E-state index is -0.938. The molecule has 3 amide bonds. The number of benzene rings is 3. The van der Waals surface area contributed by atoms with Gasteiger partial charge in [0.2, 0.25) is 11.8 Å². The number of carbonyl (C=O) groups excluding carboxylic acids is 4. The quantitative estimate of drug-likeness (QED) is 0.0822. The Hall–Kier alpha value is -5.92. The van der Waals surface area contributed by atoms with E-state index in [4.69, 9.17) is 21.6 Å². The van der Waals surface area contributed by atoms with Crippen molar-refractivity contribution in [1.29, 1.82) is 5.26 Å². The zero-order valence-electron chi connectivity index (χ0n) is 40.4. The molecule has 364 valence electrons. The van der Waals surface area contributed by atoms with Gasteiger partial charge in [-0.2, -0.15) is 10.4 Å². The highest BCUT2D eigenvalue weighted by Crippen LogP contribution is 2.33. The van der Waals surface area contributed by atoms with Gasteiger partial charge in [-0.05, 0) is 104 Å².